The van der Waals surface area contributed by atoms with Crippen molar-refractivity contribution in [3.8, 4) is 0 Å². The molecule has 2 nitrogen and oxygen atoms in total. The smallest absolute Gasteiger partial charge is 0.212 e. The fourth-order valence-corrected chi connectivity index (χ4v) is 2.95. The summed E-state index contributed by atoms with van der Waals surface area (Å²) in [6.45, 7) is 1.12. The minimum absolute atomic E-state index is 0.404. The topological polar surface area (TPSA) is 24.9 Å². The largest absolute Gasteiger partial charge is 0.310 e. The molecule has 3 rings (SSSR count). The molecule has 90 valence electrons. The average molecular weight is 232 g/mol. The summed E-state index contributed by atoms with van der Waals surface area (Å²) >= 11 is 0. The van der Waals surface area contributed by atoms with Crippen LogP contribution in [0.4, 0.5) is 4.39 Å². The maximum absolute atomic E-state index is 12.8. The van der Waals surface area contributed by atoms with E-state index in [2.05, 4.69) is 16.4 Å². The van der Waals surface area contributed by atoms with Crippen molar-refractivity contribution in [2.75, 3.05) is 6.54 Å². The molecule has 1 saturated heterocycles. The van der Waals surface area contributed by atoms with Gasteiger partial charge in [-0.05, 0) is 61.4 Å². The predicted molar refractivity (Wildman–Crippen MR) is 65.9 cm³/mol. The number of pyridine rings is 1. The van der Waals surface area contributed by atoms with Crippen molar-refractivity contribution < 1.29 is 4.39 Å². The van der Waals surface area contributed by atoms with Crippen LogP contribution in [0.25, 0.3) is 5.57 Å². The standard InChI is InChI=1S/C14H17FN2/c15-14-6-5-12(9-17-14)11-4-3-10-2-1-7-16-13(10)8-11/h5-6,8-10,13,16H,1-4,7H2. The highest BCUT2D eigenvalue weighted by atomic mass is 19.1. The Kier molecular flexibility index (Phi) is 2.93. The first-order chi connectivity index (χ1) is 8.33. The zero-order valence-electron chi connectivity index (χ0n) is 9.82. The van der Waals surface area contributed by atoms with E-state index in [1.165, 1.54) is 30.9 Å². The number of fused-ring (bicyclic) bond motifs is 1. The molecule has 0 bridgehead atoms. The first-order valence-corrected chi connectivity index (χ1v) is 6.39. The number of rotatable bonds is 1. The summed E-state index contributed by atoms with van der Waals surface area (Å²) in [5.74, 6) is 0.389. The van der Waals surface area contributed by atoms with Crippen molar-refractivity contribution in [3.63, 3.8) is 0 Å². The van der Waals surface area contributed by atoms with E-state index in [1.807, 2.05) is 6.07 Å². The van der Waals surface area contributed by atoms with Gasteiger partial charge >= 0.3 is 0 Å². The fraction of sp³-hybridized carbons (Fsp3) is 0.500. The van der Waals surface area contributed by atoms with Crippen molar-refractivity contribution in [3.05, 3.63) is 35.9 Å². The molecule has 1 aliphatic heterocycles. The van der Waals surface area contributed by atoms with E-state index in [0.29, 0.717) is 6.04 Å². The monoisotopic (exact) mass is 232 g/mol. The maximum atomic E-state index is 12.8. The van der Waals surface area contributed by atoms with E-state index < -0.39 is 5.95 Å². The molecule has 17 heavy (non-hydrogen) atoms. The van der Waals surface area contributed by atoms with Gasteiger partial charge in [0.1, 0.15) is 0 Å². The molecule has 0 spiro atoms. The number of hydrogen-bond acceptors (Lipinski definition) is 2. The zero-order valence-corrected chi connectivity index (χ0v) is 9.82. The number of hydrogen-bond donors (Lipinski definition) is 1. The normalized spacial score (nSPS) is 28.4. The number of aromatic nitrogens is 1. The van der Waals surface area contributed by atoms with Gasteiger partial charge in [-0.25, -0.2) is 4.98 Å². The lowest BCUT2D eigenvalue weighted by Gasteiger charge is -2.35. The second-order valence-electron chi connectivity index (χ2n) is 4.98. The molecule has 2 atom stereocenters. The molecular weight excluding hydrogens is 215 g/mol. The van der Waals surface area contributed by atoms with Crippen molar-refractivity contribution in [2.45, 2.75) is 31.7 Å². The van der Waals surface area contributed by atoms with Crippen LogP contribution in [0.2, 0.25) is 0 Å². The zero-order chi connectivity index (χ0) is 11.7. The predicted octanol–water partition coefficient (Wildman–Crippen LogP) is 2.77. The lowest BCUT2D eigenvalue weighted by molar-refractivity contribution is 0.298. The molecule has 0 saturated carbocycles. The first kappa shape index (κ1) is 10.9. The van der Waals surface area contributed by atoms with Crippen LogP contribution in [0.5, 0.6) is 0 Å². The highest BCUT2D eigenvalue weighted by Crippen LogP contribution is 2.33. The van der Waals surface area contributed by atoms with Crippen LogP contribution in [-0.2, 0) is 0 Å². The van der Waals surface area contributed by atoms with Gasteiger partial charge in [0.05, 0.1) is 0 Å². The Morgan fingerprint density at radius 3 is 3.06 bits per heavy atom. The van der Waals surface area contributed by atoms with Crippen LogP contribution in [-0.4, -0.2) is 17.6 Å². The molecule has 1 aromatic heterocycles. The summed E-state index contributed by atoms with van der Waals surface area (Å²) in [6, 6.07) is 3.78. The van der Waals surface area contributed by atoms with Crippen LogP contribution < -0.4 is 5.32 Å². The summed E-state index contributed by atoms with van der Waals surface area (Å²) in [5.41, 5.74) is 2.38. The summed E-state index contributed by atoms with van der Waals surface area (Å²) in [5, 5.41) is 3.56. The molecule has 0 amide bonds. The van der Waals surface area contributed by atoms with Crippen LogP contribution in [0, 0.1) is 11.9 Å². The second kappa shape index (κ2) is 4.57. The Labute approximate surface area is 101 Å². The third kappa shape index (κ3) is 2.25. The Bertz CT molecular complexity index is 424. The Hall–Kier alpha value is -1.22. The molecule has 2 aliphatic rings. The first-order valence-electron chi connectivity index (χ1n) is 6.39. The number of halogens is 1. The lowest BCUT2D eigenvalue weighted by atomic mass is 9.79. The molecule has 0 radical (unpaired) electrons. The van der Waals surface area contributed by atoms with Gasteiger partial charge in [-0.2, -0.15) is 4.39 Å². The highest BCUT2D eigenvalue weighted by molar-refractivity contribution is 5.66. The van der Waals surface area contributed by atoms with E-state index in [-0.39, 0.29) is 0 Å². The third-order valence-corrected chi connectivity index (χ3v) is 3.90. The van der Waals surface area contributed by atoms with Crippen LogP contribution in [0.3, 0.4) is 0 Å². The SMILES string of the molecule is Fc1ccc(C2=CC3NCCCC3CC2)cn1. The summed E-state index contributed by atoms with van der Waals surface area (Å²) in [4.78, 5) is 3.73. The van der Waals surface area contributed by atoms with E-state index in [1.54, 1.807) is 6.20 Å². The minimum atomic E-state index is -0.404. The summed E-state index contributed by atoms with van der Waals surface area (Å²) in [6.07, 6.45) is 8.93. The Morgan fingerprint density at radius 1 is 1.29 bits per heavy atom. The number of piperidine rings is 1. The fourth-order valence-electron chi connectivity index (χ4n) is 2.95. The minimum Gasteiger partial charge on any atom is -0.310 e. The Morgan fingerprint density at radius 2 is 2.24 bits per heavy atom. The number of allylic oxidation sites excluding steroid dienone is 1. The van der Waals surface area contributed by atoms with Crippen LogP contribution >= 0.6 is 0 Å². The van der Waals surface area contributed by atoms with Crippen molar-refractivity contribution >= 4 is 5.57 Å². The molecule has 1 aromatic rings. The van der Waals surface area contributed by atoms with Gasteiger partial charge in [0.15, 0.2) is 0 Å². The molecule has 3 heteroatoms. The van der Waals surface area contributed by atoms with E-state index in [0.717, 1.165) is 24.4 Å². The Balaban J connectivity index is 1.84. The van der Waals surface area contributed by atoms with E-state index in [4.69, 9.17) is 0 Å². The molecule has 1 aliphatic carbocycles. The van der Waals surface area contributed by atoms with E-state index >= 15 is 0 Å². The highest BCUT2D eigenvalue weighted by Gasteiger charge is 2.27. The van der Waals surface area contributed by atoms with Crippen molar-refractivity contribution in [1.29, 1.82) is 0 Å². The van der Waals surface area contributed by atoms with Gasteiger partial charge in [-0.3, -0.25) is 0 Å². The van der Waals surface area contributed by atoms with Gasteiger partial charge in [0.2, 0.25) is 5.95 Å². The molecule has 1 fully saturated rings. The summed E-state index contributed by atoms with van der Waals surface area (Å²) in [7, 11) is 0. The molecule has 1 N–H and O–H groups in total. The van der Waals surface area contributed by atoms with E-state index in [9.17, 15) is 4.39 Å². The maximum Gasteiger partial charge on any atom is 0.212 e. The van der Waals surface area contributed by atoms with Gasteiger partial charge in [0, 0.05) is 12.2 Å². The number of nitrogens with one attached hydrogen (secondary N) is 1. The molecule has 0 aromatic carbocycles. The molecule has 2 unspecified atom stereocenters. The summed E-state index contributed by atoms with van der Waals surface area (Å²) < 4.78 is 12.8. The second-order valence-corrected chi connectivity index (χ2v) is 4.98. The quantitative estimate of drug-likeness (QED) is 0.753. The molecular formula is C14H17FN2. The van der Waals surface area contributed by atoms with Crippen LogP contribution in [0.1, 0.15) is 31.2 Å². The van der Waals surface area contributed by atoms with Gasteiger partial charge < -0.3 is 5.32 Å². The van der Waals surface area contributed by atoms with Gasteiger partial charge in [-0.1, -0.05) is 6.08 Å². The average Bonchev–Trinajstić information content (AvgIpc) is 2.39. The molecule has 2 heterocycles. The van der Waals surface area contributed by atoms with Crippen LogP contribution in [0.15, 0.2) is 24.4 Å². The van der Waals surface area contributed by atoms with Gasteiger partial charge in [-0.15, -0.1) is 0 Å². The van der Waals surface area contributed by atoms with Crippen molar-refractivity contribution in [1.82, 2.24) is 10.3 Å². The number of nitrogens with zero attached hydrogens (tertiary/aromatic N) is 1. The van der Waals surface area contributed by atoms with Crippen molar-refractivity contribution in [2.24, 2.45) is 5.92 Å². The lowest BCUT2D eigenvalue weighted by Crippen LogP contribution is -2.41. The third-order valence-electron chi connectivity index (χ3n) is 3.90. The van der Waals surface area contributed by atoms with Gasteiger partial charge in [0.25, 0.3) is 0 Å².